The zero-order chi connectivity index (χ0) is 19.5. The van der Waals surface area contributed by atoms with E-state index in [1.165, 1.54) is 11.8 Å². The van der Waals surface area contributed by atoms with Gasteiger partial charge in [0.05, 0.1) is 6.04 Å². The van der Waals surface area contributed by atoms with Crippen molar-refractivity contribution < 1.29 is 4.39 Å². The molecule has 4 rings (SSSR count). The highest BCUT2D eigenvalue weighted by Crippen LogP contribution is 2.26. The average Bonchev–Trinajstić information content (AvgIpc) is 3.15. The smallest absolute Gasteiger partial charge is 0.149 e. The third-order valence-corrected chi connectivity index (χ3v) is 5.50. The summed E-state index contributed by atoms with van der Waals surface area (Å²) in [5, 5.41) is 11.8. The Labute approximate surface area is 165 Å². The quantitative estimate of drug-likeness (QED) is 0.729. The van der Waals surface area contributed by atoms with Crippen molar-refractivity contribution in [2.24, 2.45) is 7.05 Å². The first-order valence-electron chi connectivity index (χ1n) is 9.81. The lowest BCUT2D eigenvalue weighted by Crippen LogP contribution is -2.43. The van der Waals surface area contributed by atoms with Crippen molar-refractivity contribution in [1.29, 1.82) is 0 Å². The maximum absolute atomic E-state index is 13.4. The molecule has 1 aromatic heterocycles. The molecule has 1 aliphatic rings. The molecule has 0 saturated carbocycles. The minimum Gasteiger partial charge on any atom is -0.371 e. The van der Waals surface area contributed by atoms with Crippen molar-refractivity contribution in [1.82, 2.24) is 20.1 Å². The molecule has 5 nitrogen and oxygen atoms in total. The van der Waals surface area contributed by atoms with Crippen LogP contribution < -0.4 is 10.2 Å². The molecule has 1 atom stereocenters. The fraction of sp³-hybridized carbons (Fsp3) is 0.364. The first-order chi connectivity index (χ1) is 13.6. The Morgan fingerprint density at radius 1 is 1.07 bits per heavy atom. The molecule has 0 radical (unpaired) electrons. The highest BCUT2D eigenvalue weighted by Gasteiger charge is 2.22. The van der Waals surface area contributed by atoms with Gasteiger partial charge in [-0.25, -0.2) is 4.39 Å². The Bertz CT molecular complexity index is 913. The van der Waals surface area contributed by atoms with Crippen molar-refractivity contribution >= 4 is 5.69 Å². The molecule has 2 aromatic carbocycles. The zero-order valence-electron chi connectivity index (χ0n) is 16.3. The molecule has 6 heteroatoms. The minimum atomic E-state index is -0.202. The predicted molar refractivity (Wildman–Crippen MR) is 110 cm³/mol. The van der Waals surface area contributed by atoms with Crippen LogP contribution in [-0.2, 0) is 7.05 Å². The van der Waals surface area contributed by atoms with Crippen LogP contribution in [0.2, 0.25) is 0 Å². The molecule has 0 bridgehead atoms. The van der Waals surface area contributed by atoms with Gasteiger partial charge in [-0.2, -0.15) is 0 Å². The summed E-state index contributed by atoms with van der Waals surface area (Å²) >= 11 is 0. The van der Waals surface area contributed by atoms with Crippen molar-refractivity contribution in [2.45, 2.75) is 31.8 Å². The van der Waals surface area contributed by atoms with Gasteiger partial charge in [-0.1, -0.05) is 24.3 Å². The SMILES string of the molecule is CC(NC1CCN(c2ccc(-c3cccc(F)c3)cc2)CC1)c1nncn1C. The van der Waals surface area contributed by atoms with Crippen molar-refractivity contribution in [3.8, 4) is 11.1 Å². The van der Waals surface area contributed by atoms with Gasteiger partial charge >= 0.3 is 0 Å². The summed E-state index contributed by atoms with van der Waals surface area (Å²) < 4.78 is 15.4. The van der Waals surface area contributed by atoms with Gasteiger partial charge in [0.15, 0.2) is 0 Å². The van der Waals surface area contributed by atoms with Gasteiger partial charge in [0.1, 0.15) is 18.0 Å². The standard InChI is InChI=1S/C22H26FN5/c1-16(22-26-24-15-27(22)2)25-20-10-12-28(13-11-20)21-8-6-17(7-9-21)18-4-3-5-19(23)14-18/h3-9,14-16,20,25H,10-13H2,1-2H3. The van der Waals surface area contributed by atoms with Crippen LogP contribution in [0.25, 0.3) is 11.1 Å². The number of hydrogen-bond donors (Lipinski definition) is 1. The zero-order valence-corrected chi connectivity index (χ0v) is 16.3. The fourth-order valence-electron chi connectivity index (χ4n) is 3.95. The highest BCUT2D eigenvalue weighted by atomic mass is 19.1. The van der Waals surface area contributed by atoms with Gasteiger partial charge < -0.3 is 14.8 Å². The number of aryl methyl sites for hydroxylation is 1. The van der Waals surface area contributed by atoms with E-state index in [9.17, 15) is 4.39 Å². The second-order valence-corrected chi connectivity index (χ2v) is 7.51. The van der Waals surface area contributed by atoms with E-state index in [2.05, 4.69) is 51.6 Å². The number of aromatic nitrogens is 3. The summed E-state index contributed by atoms with van der Waals surface area (Å²) in [6.07, 6.45) is 3.92. The molecule has 1 N–H and O–H groups in total. The minimum absolute atomic E-state index is 0.189. The Morgan fingerprint density at radius 3 is 2.46 bits per heavy atom. The topological polar surface area (TPSA) is 46.0 Å². The second-order valence-electron chi connectivity index (χ2n) is 7.51. The van der Waals surface area contributed by atoms with Gasteiger partial charge in [-0.15, -0.1) is 10.2 Å². The van der Waals surface area contributed by atoms with Crippen LogP contribution >= 0.6 is 0 Å². The largest absolute Gasteiger partial charge is 0.371 e. The molecule has 1 unspecified atom stereocenters. The molecule has 0 amide bonds. The van der Waals surface area contributed by atoms with E-state index in [0.717, 1.165) is 42.9 Å². The van der Waals surface area contributed by atoms with Crippen molar-refractivity contribution in [3.63, 3.8) is 0 Å². The van der Waals surface area contributed by atoms with E-state index in [4.69, 9.17) is 0 Å². The number of hydrogen-bond acceptors (Lipinski definition) is 4. The van der Waals surface area contributed by atoms with Gasteiger partial charge in [-0.3, -0.25) is 0 Å². The van der Waals surface area contributed by atoms with Gasteiger partial charge in [0.25, 0.3) is 0 Å². The van der Waals surface area contributed by atoms with Crippen LogP contribution in [-0.4, -0.2) is 33.9 Å². The van der Waals surface area contributed by atoms with Crippen LogP contribution in [0.4, 0.5) is 10.1 Å². The van der Waals surface area contributed by atoms with Crippen LogP contribution in [0.15, 0.2) is 54.9 Å². The lowest BCUT2D eigenvalue weighted by Gasteiger charge is -2.35. The Hall–Kier alpha value is -2.73. The summed E-state index contributed by atoms with van der Waals surface area (Å²) in [7, 11) is 1.98. The average molecular weight is 379 g/mol. The summed E-state index contributed by atoms with van der Waals surface area (Å²) in [5.41, 5.74) is 3.17. The maximum atomic E-state index is 13.4. The van der Waals surface area contributed by atoms with Gasteiger partial charge in [0, 0.05) is 31.9 Å². The first kappa shape index (κ1) is 18.6. The molecule has 1 aliphatic heterocycles. The molecule has 0 aliphatic carbocycles. The molecule has 1 saturated heterocycles. The first-order valence-corrected chi connectivity index (χ1v) is 9.81. The lowest BCUT2D eigenvalue weighted by molar-refractivity contribution is 0.370. The van der Waals surface area contributed by atoms with E-state index < -0.39 is 0 Å². The monoisotopic (exact) mass is 379 g/mol. The Balaban J connectivity index is 1.34. The maximum Gasteiger partial charge on any atom is 0.149 e. The van der Waals surface area contributed by atoms with Crippen molar-refractivity contribution in [2.75, 3.05) is 18.0 Å². The molecule has 146 valence electrons. The number of nitrogens with one attached hydrogen (secondary N) is 1. The number of nitrogens with zero attached hydrogens (tertiary/aromatic N) is 4. The fourth-order valence-corrected chi connectivity index (χ4v) is 3.95. The summed E-state index contributed by atoms with van der Waals surface area (Å²) in [5.74, 6) is 0.766. The molecular weight excluding hydrogens is 353 g/mol. The van der Waals surface area contributed by atoms with Crippen LogP contribution in [0.1, 0.15) is 31.6 Å². The number of rotatable bonds is 5. The van der Waals surface area contributed by atoms with E-state index in [1.54, 1.807) is 18.5 Å². The lowest BCUT2D eigenvalue weighted by atomic mass is 10.0. The van der Waals surface area contributed by atoms with Crippen LogP contribution in [0.3, 0.4) is 0 Å². The van der Waals surface area contributed by atoms with E-state index >= 15 is 0 Å². The number of piperidine rings is 1. The van der Waals surface area contributed by atoms with E-state index in [-0.39, 0.29) is 11.9 Å². The highest BCUT2D eigenvalue weighted by molar-refractivity contribution is 5.66. The predicted octanol–water partition coefficient (Wildman–Crippen LogP) is 3.94. The Morgan fingerprint density at radius 2 is 1.82 bits per heavy atom. The normalized spacial score (nSPS) is 16.3. The van der Waals surface area contributed by atoms with Crippen LogP contribution in [0.5, 0.6) is 0 Å². The van der Waals surface area contributed by atoms with E-state index in [0.29, 0.717) is 6.04 Å². The molecule has 2 heterocycles. The third-order valence-electron chi connectivity index (χ3n) is 5.50. The molecule has 28 heavy (non-hydrogen) atoms. The second kappa shape index (κ2) is 8.10. The van der Waals surface area contributed by atoms with Gasteiger partial charge in [0.2, 0.25) is 0 Å². The molecule has 1 fully saturated rings. The van der Waals surface area contributed by atoms with Crippen molar-refractivity contribution in [3.05, 3.63) is 66.5 Å². The summed E-state index contributed by atoms with van der Waals surface area (Å²) in [4.78, 5) is 2.42. The molecule has 0 spiro atoms. The van der Waals surface area contributed by atoms with E-state index in [1.807, 2.05) is 17.7 Å². The third kappa shape index (κ3) is 4.07. The van der Waals surface area contributed by atoms with Gasteiger partial charge in [-0.05, 0) is 55.2 Å². The molecular formula is C22H26FN5. The number of halogens is 1. The number of anilines is 1. The summed E-state index contributed by atoms with van der Waals surface area (Å²) in [6, 6.07) is 15.8. The summed E-state index contributed by atoms with van der Waals surface area (Å²) in [6.45, 7) is 4.17. The number of benzene rings is 2. The van der Waals surface area contributed by atoms with Crippen LogP contribution in [0, 0.1) is 5.82 Å². The molecule has 3 aromatic rings. The Kier molecular flexibility index (Phi) is 5.39.